The molecular formula is C51H39NO. The molecule has 0 fully saturated rings. The van der Waals surface area contributed by atoms with Crippen LogP contribution >= 0.6 is 0 Å². The van der Waals surface area contributed by atoms with Crippen LogP contribution in [-0.4, -0.2) is 0 Å². The van der Waals surface area contributed by atoms with E-state index >= 15 is 0 Å². The van der Waals surface area contributed by atoms with Crippen LogP contribution in [0.1, 0.15) is 55.5 Å². The molecule has 0 bridgehead atoms. The van der Waals surface area contributed by atoms with Crippen molar-refractivity contribution in [2.24, 2.45) is 0 Å². The van der Waals surface area contributed by atoms with Gasteiger partial charge in [-0.25, -0.2) is 0 Å². The molecule has 0 N–H and O–H groups in total. The molecule has 11 rings (SSSR count). The van der Waals surface area contributed by atoms with Gasteiger partial charge in [0.2, 0.25) is 0 Å². The maximum Gasteiger partial charge on any atom is 0.159 e. The van der Waals surface area contributed by atoms with Crippen LogP contribution < -0.4 is 4.90 Å². The highest BCUT2D eigenvalue weighted by molar-refractivity contribution is 6.10. The Kier molecular flexibility index (Phi) is 6.03. The van der Waals surface area contributed by atoms with E-state index in [-0.39, 0.29) is 10.8 Å². The average Bonchev–Trinajstić information content (AvgIpc) is 3.73. The topological polar surface area (TPSA) is 16.4 Å². The minimum Gasteiger partial charge on any atom is -0.454 e. The predicted molar refractivity (Wildman–Crippen MR) is 223 cm³/mol. The molecule has 2 aliphatic rings. The second kappa shape index (κ2) is 10.5. The fourth-order valence-electron chi connectivity index (χ4n) is 9.64. The van der Waals surface area contributed by atoms with Crippen molar-refractivity contribution < 1.29 is 4.42 Å². The lowest BCUT2D eigenvalue weighted by Crippen LogP contribution is -2.17. The molecular weight excluding hydrogens is 643 g/mol. The summed E-state index contributed by atoms with van der Waals surface area (Å²) in [6.07, 6.45) is 0. The van der Waals surface area contributed by atoms with Crippen LogP contribution in [0.5, 0.6) is 0 Å². The summed E-state index contributed by atoms with van der Waals surface area (Å²) in [6, 6.07) is 54.0. The molecule has 1 aromatic heterocycles. The molecule has 2 heteroatoms. The molecule has 1 heterocycles. The molecule has 254 valence electrons. The lowest BCUT2D eigenvalue weighted by atomic mass is 9.79. The van der Waals surface area contributed by atoms with Gasteiger partial charge in [-0.1, -0.05) is 107 Å². The monoisotopic (exact) mass is 681 g/mol. The second-order valence-corrected chi connectivity index (χ2v) is 16.2. The van der Waals surface area contributed by atoms with Crippen LogP contribution in [0.25, 0.3) is 65.7 Å². The standard InChI is InChI=1S/C51H39NO/c1-30-13-6-10-18-46(30)52(47-19-12-17-37-36-16-9-11-20-48(36)53-49(37)47)35-22-21-33-25-39-41-29-44-40(28-45(41)51(4,5)43(39)27-34(33)23-35)38-24-31-14-7-8-15-32(31)26-42(38)50(44,2)3/h6-29H,1-5H3. The van der Waals surface area contributed by atoms with Gasteiger partial charge < -0.3 is 9.32 Å². The number of hydrogen-bond donors (Lipinski definition) is 0. The van der Waals surface area contributed by atoms with Gasteiger partial charge in [-0.05, 0) is 145 Å². The highest BCUT2D eigenvalue weighted by Crippen LogP contribution is 2.57. The Morgan fingerprint density at radius 3 is 1.68 bits per heavy atom. The number of furan rings is 1. The third-order valence-electron chi connectivity index (χ3n) is 12.5. The predicted octanol–water partition coefficient (Wildman–Crippen LogP) is 14.3. The highest BCUT2D eigenvalue weighted by atomic mass is 16.3. The number of nitrogens with zero attached hydrogens (tertiary/aromatic N) is 1. The van der Waals surface area contributed by atoms with E-state index in [0.29, 0.717) is 0 Å². The van der Waals surface area contributed by atoms with Gasteiger partial charge >= 0.3 is 0 Å². The lowest BCUT2D eigenvalue weighted by Gasteiger charge is -2.27. The molecule has 0 saturated heterocycles. The summed E-state index contributed by atoms with van der Waals surface area (Å²) >= 11 is 0. The van der Waals surface area contributed by atoms with E-state index in [2.05, 4.69) is 179 Å². The van der Waals surface area contributed by atoms with Crippen LogP contribution in [0.2, 0.25) is 0 Å². The summed E-state index contributed by atoms with van der Waals surface area (Å²) < 4.78 is 6.61. The Hall–Kier alpha value is -6.12. The fourth-order valence-corrected chi connectivity index (χ4v) is 9.64. The third kappa shape index (κ3) is 4.15. The van der Waals surface area contributed by atoms with Gasteiger partial charge in [0.05, 0.1) is 5.69 Å². The summed E-state index contributed by atoms with van der Waals surface area (Å²) in [7, 11) is 0. The summed E-state index contributed by atoms with van der Waals surface area (Å²) in [5.41, 5.74) is 17.2. The van der Waals surface area contributed by atoms with Crippen LogP contribution in [0, 0.1) is 6.92 Å². The summed E-state index contributed by atoms with van der Waals surface area (Å²) in [5, 5.41) is 7.36. The van der Waals surface area contributed by atoms with E-state index in [1.165, 1.54) is 71.6 Å². The molecule has 2 nitrogen and oxygen atoms in total. The van der Waals surface area contributed by atoms with Crippen LogP contribution in [0.3, 0.4) is 0 Å². The number of anilines is 3. The number of aryl methyl sites for hydroxylation is 1. The minimum absolute atomic E-state index is 0.0793. The van der Waals surface area contributed by atoms with Gasteiger partial charge in [0, 0.05) is 33.0 Å². The number of rotatable bonds is 3. The van der Waals surface area contributed by atoms with Crippen LogP contribution in [-0.2, 0) is 10.8 Å². The normalized spacial score (nSPS) is 14.8. The Balaban J connectivity index is 1.09. The van der Waals surface area contributed by atoms with Gasteiger partial charge in [0.1, 0.15) is 5.58 Å². The van der Waals surface area contributed by atoms with E-state index < -0.39 is 0 Å². The van der Waals surface area contributed by atoms with E-state index in [1.807, 2.05) is 6.07 Å². The van der Waals surface area contributed by atoms with Crippen molar-refractivity contribution in [1.82, 2.24) is 0 Å². The highest BCUT2D eigenvalue weighted by Gasteiger charge is 2.42. The molecule has 0 aliphatic heterocycles. The van der Waals surface area contributed by atoms with Gasteiger partial charge in [0.15, 0.2) is 5.58 Å². The molecule has 0 unspecified atom stereocenters. The van der Waals surface area contributed by atoms with Gasteiger partial charge in [-0.2, -0.15) is 0 Å². The van der Waals surface area contributed by atoms with E-state index in [0.717, 1.165) is 39.0 Å². The SMILES string of the molecule is Cc1ccccc1N(c1ccc2cc3c(cc2c1)C(C)(C)c1cc2c(cc1-3)C(C)(C)c1cc3ccccc3cc1-2)c1cccc2c1oc1ccccc12. The average molecular weight is 682 g/mol. The number of hydrogen-bond acceptors (Lipinski definition) is 2. The molecule has 9 aromatic rings. The summed E-state index contributed by atoms with van der Waals surface area (Å²) in [5.74, 6) is 0. The van der Waals surface area contributed by atoms with Crippen molar-refractivity contribution in [2.45, 2.75) is 45.4 Å². The third-order valence-corrected chi connectivity index (χ3v) is 12.5. The van der Waals surface area contributed by atoms with Crippen molar-refractivity contribution in [3.63, 3.8) is 0 Å². The Bertz CT molecular complexity index is 3030. The smallest absolute Gasteiger partial charge is 0.159 e. The maximum absolute atomic E-state index is 6.61. The first-order chi connectivity index (χ1) is 25.7. The zero-order valence-electron chi connectivity index (χ0n) is 30.7. The summed E-state index contributed by atoms with van der Waals surface area (Å²) in [4.78, 5) is 2.38. The molecule has 0 amide bonds. The number of fused-ring (bicyclic) bond motifs is 11. The fraction of sp³-hybridized carbons (Fsp3) is 0.137. The van der Waals surface area contributed by atoms with Crippen molar-refractivity contribution in [2.75, 3.05) is 4.90 Å². The molecule has 0 spiro atoms. The zero-order chi connectivity index (χ0) is 35.8. The Morgan fingerprint density at radius 1 is 0.434 bits per heavy atom. The molecule has 0 atom stereocenters. The second-order valence-electron chi connectivity index (χ2n) is 16.2. The van der Waals surface area contributed by atoms with Gasteiger partial charge in [0.25, 0.3) is 0 Å². The Labute approximate surface area is 309 Å². The molecule has 0 radical (unpaired) electrons. The Morgan fingerprint density at radius 2 is 0.962 bits per heavy atom. The van der Waals surface area contributed by atoms with E-state index in [9.17, 15) is 0 Å². The first-order valence-corrected chi connectivity index (χ1v) is 18.8. The minimum atomic E-state index is -0.150. The molecule has 53 heavy (non-hydrogen) atoms. The van der Waals surface area contributed by atoms with Crippen molar-refractivity contribution in [3.05, 3.63) is 173 Å². The zero-order valence-corrected chi connectivity index (χ0v) is 30.7. The van der Waals surface area contributed by atoms with Gasteiger partial charge in [-0.15, -0.1) is 0 Å². The molecule has 8 aromatic carbocycles. The van der Waals surface area contributed by atoms with Crippen molar-refractivity contribution in [1.29, 1.82) is 0 Å². The maximum atomic E-state index is 6.61. The number of benzene rings is 8. The summed E-state index contributed by atoms with van der Waals surface area (Å²) in [6.45, 7) is 11.8. The van der Waals surface area contributed by atoms with Crippen molar-refractivity contribution >= 4 is 60.5 Å². The first kappa shape index (κ1) is 30.5. The quantitative estimate of drug-likeness (QED) is 0.185. The largest absolute Gasteiger partial charge is 0.454 e. The van der Waals surface area contributed by atoms with Crippen LogP contribution in [0.4, 0.5) is 17.1 Å². The van der Waals surface area contributed by atoms with Gasteiger partial charge in [-0.3, -0.25) is 0 Å². The van der Waals surface area contributed by atoms with Crippen LogP contribution in [0.15, 0.2) is 150 Å². The van der Waals surface area contributed by atoms with E-state index in [4.69, 9.17) is 4.42 Å². The molecule has 2 aliphatic carbocycles. The first-order valence-electron chi connectivity index (χ1n) is 18.8. The molecule has 0 saturated carbocycles. The lowest BCUT2D eigenvalue weighted by molar-refractivity contribution is 0.653. The van der Waals surface area contributed by atoms with Crippen molar-refractivity contribution in [3.8, 4) is 22.3 Å². The number of para-hydroxylation sites is 3. The van der Waals surface area contributed by atoms with E-state index in [1.54, 1.807) is 0 Å².